The van der Waals surface area contributed by atoms with Crippen molar-refractivity contribution in [1.82, 2.24) is 4.90 Å². The van der Waals surface area contributed by atoms with E-state index in [9.17, 15) is 4.79 Å². The summed E-state index contributed by atoms with van der Waals surface area (Å²) < 4.78 is 0. The van der Waals surface area contributed by atoms with Crippen molar-refractivity contribution in [3.63, 3.8) is 0 Å². The van der Waals surface area contributed by atoms with Crippen LogP contribution in [-0.4, -0.2) is 29.9 Å². The van der Waals surface area contributed by atoms with E-state index in [1.807, 2.05) is 17.0 Å². The van der Waals surface area contributed by atoms with Gasteiger partial charge >= 0.3 is 0 Å². The summed E-state index contributed by atoms with van der Waals surface area (Å²) in [4.78, 5) is 14.2. The predicted octanol–water partition coefficient (Wildman–Crippen LogP) is 3.12. The molecule has 1 aliphatic heterocycles. The quantitative estimate of drug-likeness (QED) is 0.928. The van der Waals surface area contributed by atoms with Crippen molar-refractivity contribution in [3.8, 4) is 0 Å². The monoisotopic (exact) mass is 314 g/mol. The third-order valence-corrected chi connectivity index (χ3v) is 4.67. The van der Waals surface area contributed by atoms with E-state index in [1.54, 1.807) is 6.07 Å². The van der Waals surface area contributed by atoms with Gasteiger partial charge in [0.15, 0.2) is 0 Å². The van der Waals surface area contributed by atoms with Crippen LogP contribution >= 0.6 is 23.2 Å². The summed E-state index contributed by atoms with van der Waals surface area (Å²) in [6.45, 7) is 3.53. The summed E-state index contributed by atoms with van der Waals surface area (Å²) in [7, 11) is 0. The van der Waals surface area contributed by atoms with Crippen molar-refractivity contribution in [2.24, 2.45) is 11.7 Å². The van der Waals surface area contributed by atoms with E-state index in [-0.39, 0.29) is 5.91 Å². The number of halogens is 2. The average molecular weight is 315 g/mol. The largest absolute Gasteiger partial charge is 0.340 e. The van der Waals surface area contributed by atoms with Crippen molar-refractivity contribution in [2.45, 2.75) is 32.2 Å². The predicted molar refractivity (Wildman–Crippen MR) is 83.1 cm³/mol. The Hall–Kier alpha value is -0.770. The van der Waals surface area contributed by atoms with Crippen LogP contribution < -0.4 is 5.73 Å². The van der Waals surface area contributed by atoms with Gasteiger partial charge in [-0.3, -0.25) is 4.79 Å². The molecule has 0 spiro atoms. The lowest BCUT2D eigenvalue weighted by molar-refractivity contribution is -0.131. The first kappa shape index (κ1) is 15.6. The van der Waals surface area contributed by atoms with Crippen molar-refractivity contribution in [3.05, 3.63) is 33.8 Å². The Morgan fingerprint density at radius 3 is 2.75 bits per heavy atom. The molecule has 5 heteroatoms. The Balaban J connectivity index is 1.90. The molecule has 110 valence electrons. The zero-order valence-electron chi connectivity index (χ0n) is 11.6. The maximum absolute atomic E-state index is 12.3. The fraction of sp³-hybridized carbons (Fsp3) is 0.533. The second kappa shape index (κ2) is 6.79. The topological polar surface area (TPSA) is 46.3 Å². The molecule has 0 radical (unpaired) electrons. The van der Waals surface area contributed by atoms with Gasteiger partial charge in [-0.05, 0) is 49.9 Å². The van der Waals surface area contributed by atoms with Crippen LogP contribution in [0.1, 0.15) is 25.3 Å². The molecule has 20 heavy (non-hydrogen) atoms. The number of nitrogens with two attached hydrogens (primary N) is 1. The normalized spacial score (nSPS) is 22.3. The summed E-state index contributed by atoms with van der Waals surface area (Å²) >= 11 is 11.9. The van der Waals surface area contributed by atoms with Crippen LogP contribution in [0.3, 0.4) is 0 Å². The molecular formula is C15H20Cl2N2O. The number of benzene rings is 1. The minimum atomic E-state index is 0.194. The second-order valence-corrected chi connectivity index (χ2v) is 6.30. The van der Waals surface area contributed by atoms with Crippen molar-refractivity contribution in [2.75, 3.05) is 13.1 Å². The van der Waals surface area contributed by atoms with Gasteiger partial charge in [0.2, 0.25) is 5.91 Å². The average Bonchev–Trinajstić information content (AvgIpc) is 2.81. The van der Waals surface area contributed by atoms with Gasteiger partial charge in [0.25, 0.3) is 0 Å². The second-order valence-electron chi connectivity index (χ2n) is 5.48. The standard InChI is InChI=1S/C15H20Cl2N2O/c1-10-6-12(8-18)9-19(10)15(20)5-3-11-2-4-13(16)14(17)7-11/h2,4,7,10,12H,3,5-6,8-9,18H2,1H3. The molecule has 1 heterocycles. The third kappa shape index (κ3) is 3.66. The SMILES string of the molecule is CC1CC(CN)CN1C(=O)CCc1ccc(Cl)c(Cl)c1. The number of amides is 1. The first-order valence-electron chi connectivity index (χ1n) is 6.94. The Morgan fingerprint density at radius 1 is 1.40 bits per heavy atom. The number of hydrogen-bond acceptors (Lipinski definition) is 2. The van der Waals surface area contributed by atoms with E-state index < -0.39 is 0 Å². The van der Waals surface area contributed by atoms with Crippen LogP contribution in [0.4, 0.5) is 0 Å². The Morgan fingerprint density at radius 2 is 2.15 bits per heavy atom. The molecule has 1 saturated heterocycles. The number of carbonyl (C=O) groups excluding carboxylic acids is 1. The minimum absolute atomic E-state index is 0.194. The van der Waals surface area contributed by atoms with Crippen LogP contribution in [0.15, 0.2) is 18.2 Å². The molecule has 1 aromatic carbocycles. The lowest BCUT2D eigenvalue weighted by Gasteiger charge is -2.21. The zero-order chi connectivity index (χ0) is 14.7. The zero-order valence-corrected chi connectivity index (χ0v) is 13.1. The first-order chi connectivity index (χ1) is 9.51. The van der Waals surface area contributed by atoms with E-state index in [2.05, 4.69) is 6.92 Å². The van der Waals surface area contributed by atoms with Crippen LogP contribution in [0.2, 0.25) is 10.0 Å². The number of carbonyl (C=O) groups is 1. The minimum Gasteiger partial charge on any atom is -0.340 e. The number of rotatable bonds is 4. The molecule has 1 fully saturated rings. The summed E-state index contributed by atoms with van der Waals surface area (Å²) in [5.74, 6) is 0.637. The Labute approximate surface area is 130 Å². The third-order valence-electron chi connectivity index (χ3n) is 3.93. The summed E-state index contributed by atoms with van der Waals surface area (Å²) in [5, 5.41) is 1.08. The molecular weight excluding hydrogens is 295 g/mol. The highest BCUT2D eigenvalue weighted by atomic mass is 35.5. The molecule has 1 amide bonds. The smallest absolute Gasteiger partial charge is 0.223 e. The lowest BCUT2D eigenvalue weighted by atomic mass is 10.1. The molecule has 1 aliphatic rings. The molecule has 2 rings (SSSR count). The van der Waals surface area contributed by atoms with Gasteiger partial charge in [0.05, 0.1) is 10.0 Å². The van der Waals surface area contributed by atoms with Gasteiger partial charge in [-0.1, -0.05) is 29.3 Å². The number of hydrogen-bond donors (Lipinski definition) is 1. The van der Waals surface area contributed by atoms with E-state index in [4.69, 9.17) is 28.9 Å². The van der Waals surface area contributed by atoms with Crippen LogP contribution in [-0.2, 0) is 11.2 Å². The maximum Gasteiger partial charge on any atom is 0.223 e. The molecule has 0 saturated carbocycles. The maximum atomic E-state index is 12.3. The van der Waals surface area contributed by atoms with Gasteiger partial charge in [0, 0.05) is 19.0 Å². The molecule has 1 aromatic rings. The van der Waals surface area contributed by atoms with E-state index in [0.717, 1.165) is 18.5 Å². The highest BCUT2D eigenvalue weighted by Gasteiger charge is 2.30. The fourth-order valence-electron chi connectivity index (χ4n) is 2.75. The summed E-state index contributed by atoms with van der Waals surface area (Å²) in [5.41, 5.74) is 6.73. The molecule has 0 bridgehead atoms. The summed E-state index contributed by atoms with van der Waals surface area (Å²) in [6.07, 6.45) is 2.20. The van der Waals surface area contributed by atoms with Crippen LogP contribution in [0, 0.1) is 5.92 Å². The molecule has 0 aliphatic carbocycles. The highest BCUT2D eigenvalue weighted by molar-refractivity contribution is 6.42. The van der Waals surface area contributed by atoms with Gasteiger partial charge in [-0.25, -0.2) is 0 Å². The Bertz CT molecular complexity index is 493. The summed E-state index contributed by atoms with van der Waals surface area (Å²) in [6, 6.07) is 5.81. The van der Waals surface area contributed by atoms with Crippen molar-refractivity contribution >= 4 is 29.1 Å². The number of likely N-dealkylation sites (tertiary alicyclic amines) is 1. The van der Waals surface area contributed by atoms with E-state index >= 15 is 0 Å². The van der Waals surface area contributed by atoms with E-state index in [1.165, 1.54) is 0 Å². The first-order valence-corrected chi connectivity index (χ1v) is 7.70. The van der Waals surface area contributed by atoms with Crippen LogP contribution in [0.5, 0.6) is 0 Å². The molecule has 2 unspecified atom stereocenters. The van der Waals surface area contributed by atoms with Gasteiger partial charge < -0.3 is 10.6 Å². The molecule has 0 aromatic heterocycles. The number of nitrogens with zero attached hydrogens (tertiary/aromatic N) is 1. The van der Waals surface area contributed by atoms with Crippen LogP contribution in [0.25, 0.3) is 0 Å². The fourth-order valence-corrected chi connectivity index (χ4v) is 3.07. The van der Waals surface area contributed by atoms with E-state index in [0.29, 0.717) is 41.4 Å². The highest BCUT2D eigenvalue weighted by Crippen LogP contribution is 2.25. The van der Waals surface area contributed by atoms with Gasteiger partial charge in [-0.2, -0.15) is 0 Å². The van der Waals surface area contributed by atoms with Gasteiger partial charge in [-0.15, -0.1) is 0 Å². The molecule has 2 N–H and O–H groups in total. The van der Waals surface area contributed by atoms with Crippen molar-refractivity contribution < 1.29 is 4.79 Å². The number of aryl methyl sites for hydroxylation is 1. The Kier molecular flexibility index (Phi) is 5.30. The molecule has 3 nitrogen and oxygen atoms in total. The van der Waals surface area contributed by atoms with Gasteiger partial charge in [0.1, 0.15) is 0 Å². The lowest BCUT2D eigenvalue weighted by Crippen LogP contribution is -2.34. The molecule has 2 atom stereocenters. The van der Waals surface area contributed by atoms with Crippen molar-refractivity contribution in [1.29, 1.82) is 0 Å².